The van der Waals surface area contributed by atoms with Crippen molar-refractivity contribution >= 4 is 11.8 Å². The molecule has 0 aromatic heterocycles. The van der Waals surface area contributed by atoms with Gasteiger partial charge in [0.25, 0.3) is 5.78 Å². The summed E-state index contributed by atoms with van der Waals surface area (Å²) in [4.78, 5) is 23.3. The Bertz CT molecular complexity index is 533. The highest BCUT2D eigenvalue weighted by Crippen LogP contribution is 2.14. The van der Waals surface area contributed by atoms with Crippen molar-refractivity contribution in [1.82, 2.24) is 0 Å². The molecule has 0 aliphatic heterocycles. The second-order valence-corrected chi connectivity index (χ2v) is 7.74. The molecule has 3 heteroatoms. The first-order valence-electron chi connectivity index (χ1n) is 11.5. The van der Waals surface area contributed by atoms with Crippen molar-refractivity contribution in [2.75, 3.05) is 6.61 Å². The van der Waals surface area contributed by atoms with E-state index < -0.39 is 11.8 Å². The molecule has 1 aromatic carbocycles. The van der Waals surface area contributed by atoms with Crippen molar-refractivity contribution in [2.24, 2.45) is 0 Å². The van der Waals surface area contributed by atoms with Crippen LogP contribution in [0, 0.1) is 0 Å². The lowest BCUT2D eigenvalue weighted by Gasteiger charge is -2.05. The molecule has 158 valence electrons. The molecule has 0 aliphatic carbocycles. The minimum absolute atomic E-state index is 0.224. The van der Waals surface area contributed by atoms with Crippen LogP contribution in [0.3, 0.4) is 0 Å². The molecular weight excluding hydrogens is 348 g/mol. The normalized spacial score (nSPS) is 10.8. The summed E-state index contributed by atoms with van der Waals surface area (Å²) < 4.78 is 4.75. The number of carbonyl (C=O) groups is 2. The number of hydrogen-bond acceptors (Lipinski definition) is 3. The third-order valence-electron chi connectivity index (χ3n) is 5.25. The molecule has 1 rings (SSSR count). The number of hydrogen-bond donors (Lipinski definition) is 0. The van der Waals surface area contributed by atoms with Crippen molar-refractivity contribution in [1.29, 1.82) is 0 Å². The van der Waals surface area contributed by atoms with E-state index in [1.54, 1.807) is 19.1 Å². The number of Topliss-reactive ketones (excluding diaryl/α,β-unsaturated/α-hetero) is 1. The maximum atomic E-state index is 11.9. The molecule has 0 spiro atoms. The zero-order chi connectivity index (χ0) is 20.5. The highest BCUT2D eigenvalue weighted by atomic mass is 16.5. The SMILES string of the molecule is CCCCCCCCCCCCCCCc1ccc(C(=O)C(=O)OCC)cc1. The van der Waals surface area contributed by atoms with Gasteiger partial charge in [-0.3, -0.25) is 4.79 Å². The van der Waals surface area contributed by atoms with Crippen LogP contribution in [0.5, 0.6) is 0 Å². The number of carbonyl (C=O) groups excluding carboxylic acids is 2. The smallest absolute Gasteiger partial charge is 0.379 e. The first kappa shape index (κ1) is 24.4. The molecule has 0 fully saturated rings. The average molecular weight is 389 g/mol. The Morgan fingerprint density at radius 3 is 1.61 bits per heavy atom. The van der Waals surface area contributed by atoms with E-state index in [0.717, 1.165) is 6.42 Å². The molecule has 0 saturated carbocycles. The van der Waals surface area contributed by atoms with Crippen LogP contribution < -0.4 is 0 Å². The first-order valence-corrected chi connectivity index (χ1v) is 11.5. The van der Waals surface area contributed by atoms with Crippen molar-refractivity contribution in [3.8, 4) is 0 Å². The highest BCUT2D eigenvalue weighted by molar-refractivity contribution is 6.40. The lowest BCUT2D eigenvalue weighted by atomic mass is 10.0. The molecule has 28 heavy (non-hydrogen) atoms. The van der Waals surface area contributed by atoms with Gasteiger partial charge in [0.2, 0.25) is 0 Å². The van der Waals surface area contributed by atoms with Crippen molar-refractivity contribution in [2.45, 2.75) is 104 Å². The number of ketones is 1. The fourth-order valence-electron chi connectivity index (χ4n) is 3.48. The molecule has 0 N–H and O–H groups in total. The second-order valence-electron chi connectivity index (χ2n) is 7.74. The maximum absolute atomic E-state index is 11.9. The fraction of sp³-hybridized carbons (Fsp3) is 0.680. The first-order chi connectivity index (χ1) is 13.7. The van der Waals surface area contributed by atoms with Gasteiger partial charge in [0.05, 0.1) is 6.61 Å². The number of esters is 1. The van der Waals surface area contributed by atoms with Crippen LogP contribution in [-0.4, -0.2) is 18.4 Å². The van der Waals surface area contributed by atoms with Crippen LogP contribution in [0.15, 0.2) is 24.3 Å². The lowest BCUT2D eigenvalue weighted by Crippen LogP contribution is -2.17. The number of unbranched alkanes of at least 4 members (excludes halogenated alkanes) is 12. The maximum Gasteiger partial charge on any atom is 0.379 e. The molecule has 0 bridgehead atoms. The Morgan fingerprint density at radius 2 is 1.14 bits per heavy atom. The predicted octanol–water partition coefficient (Wildman–Crippen LogP) is 7.07. The van der Waals surface area contributed by atoms with E-state index in [9.17, 15) is 9.59 Å². The van der Waals surface area contributed by atoms with Gasteiger partial charge in [-0.1, -0.05) is 108 Å². The molecule has 0 radical (unpaired) electrons. The fourth-order valence-corrected chi connectivity index (χ4v) is 3.48. The Balaban J connectivity index is 2.02. The van der Waals surface area contributed by atoms with Crippen LogP contribution in [0.2, 0.25) is 0 Å². The molecule has 0 saturated heterocycles. The van der Waals surface area contributed by atoms with Gasteiger partial charge in [-0.25, -0.2) is 4.79 Å². The second kappa shape index (κ2) is 16.3. The van der Waals surface area contributed by atoms with E-state index in [4.69, 9.17) is 4.74 Å². The van der Waals surface area contributed by atoms with Gasteiger partial charge in [-0.2, -0.15) is 0 Å². The number of rotatable bonds is 17. The molecule has 0 heterocycles. The van der Waals surface area contributed by atoms with Crippen LogP contribution in [0.1, 0.15) is 113 Å². The minimum atomic E-state index is -0.772. The third kappa shape index (κ3) is 11.3. The molecule has 0 aliphatic rings. The quantitative estimate of drug-likeness (QED) is 0.124. The summed E-state index contributed by atoms with van der Waals surface area (Å²) in [6.07, 6.45) is 18.7. The summed E-state index contributed by atoms with van der Waals surface area (Å²) in [5, 5.41) is 0. The van der Waals surface area contributed by atoms with Gasteiger partial charge in [-0.05, 0) is 25.3 Å². The zero-order valence-corrected chi connectivity index (χ0v) is 18.1. The molecule has 0 unspecified atom stereocenters. The van der Waals surface area contributed by atoms with Gasteiger partial charge < -0.3 is 4.74 Å². The monoisotopic (exact) mass is 388 g/mol. The van der Waals surface area contributed by atoms with Crippen molar-refractivity contribution in [3.63, 3.8) is 0 Å². The number of aryl methyl sites for hydroxylation is 1. The Kier molecular flexibility index (Phi) is 14.2. The van der Waals surface area contributed by atoms with Crippen LogP contribution in [0.25, 0.3) is 0 Å². The van der Waals surface area contributed by atoms with Crippen LogP contribution >= 0.6 is 0 Å². The summed E-state index contributed by atoms with van der Waals surface area (Å²) in [6.45, 7) is 4.19. The highest BCUT2D eigenvalue weighted by Gasteiger charge is 2.16. The lowest BCUT2D eigenvalue weighted by molar-refractivity contribution is -0.137. The van der Waals surface area contributed by atoms with Crippen LogP contribution in [0.4, 0.5) is 0 Å². The minimum Gasteiger partial charge on any atom is -0.460 e. The number of ether oxygens (including phenoxy) is 1. The van der Waals surface area contributed by atoms with E-state index >= 15 is 0 Å². The van der Waals surface area contributed by atoms with E-state index in [-0.39, 0.29) is 6.61 Å². The van der Waals surface area contributed by atoms with Gasteiger partial charge in [-0.15, -0.1) is 0 Å². The number of benzene rings is 1. The van der Waals surface area contributed by atoms with Crippen molar-refractivity contribution < 1.29 is 14.3 Å². The Morgan fingerprint density at radius 1 is 0.679 bits per heavy atom. The van der Waals surface area contributed by atoms with Crippen LogP contribution in [-0.2, 0) is 16.0 Å². The Labute approximate surface area is 172 Å². The van der Waals surface area contributed by atoms with E-state index in [2.05, 4.69) is 6.92 Å². The topological polar surface area (TPSA) is 43.4 Å². The largest absolute Gasteiger partial charge is 0.460 e. The predicted molar refractivity (Wildman–Crippen MR) is 117 cm³/mol. The van der Waals surface area contributed by atoms with Gasteiger partial charge in [0, 0.05) is 5.56 Å². The summed E-state index contributed by atoms with van der Waals surface area (Å²) in [5.74, 6) is -1.33. The molecule has 0 atom stereocenters. The van der Waals surface area contributed by atoms with Gasteiger partial charge in [0.1, 0.15) is 0 Å². The summed E-state index contributed by atoms with van der Waals surface area (Å²) in [6, 6.07) is 7.37. The summed E-state index contributed by atoms with van der Waals surface area (Å²) >= 11 is 0. The van der Waals surface area contributed by atoms with Crippen molar-refractivity contribution in [3.05, 3.63) is 35.4 Å². The zero-order valence-electron chi connectivity index (χ0n) is 18.1. The average Bonchev–Trinajstić information content (AvgIpc) is 2.71. The Hall–Kier alpha value is -1.64. The van der Waals surface area contributed by atoms with E-state index in [0.29, 0.717) is 5.56 Å². The van der Waals surface area contributed by atoms with Gasteiger partial charge in [0.15, 0.2) is 0 Å². The molecular formula is C25H40O3. The third-order valence-corrected chi connectivity index (χ3v) is 5.25. The summed E-state index contributed by atoms with van der Waals surface area (Å²) in [7, 11) is 0. The molecule has 3 nitrogen and oxygen atoms in total. The molecule has 1 aromatic rings. The van der Waals surface area contributed by atoms with E-state index in [1.165, 1.54) is 89.0 Å². The van der Waals surface area contributed by atoms with E-state index in [1.807, 2.05) is 12.1 Å². The summed E-state index contributed by atoms with van der Waals surface area (Å²) in [5.41, 5.74) is 1.64. The molecule has 0 amide bonds. The standard InChI is InChI=1S/C25H40O3/c1-3-5-6-7-8-9-10-11-12-13-14-15-16-17-22-18-20-23(21-19-22)24(26)25(27)28-4-2/h18-21H,3-17H2,1-2H3. The van der Waals surface area contributed by atoms with Gasteiger partial charge >= 0.3 is 5.97 Å².